The number of methoxy groups -OCH3 is 1. The summed E-state index contributed by atoms with van der Waals surface area (Å²) in [5, 5.41) is 34.2. The second-order valence-corrected chi connectivity index (χ2v) is 9.97. The number of carbonyl (C=O) groups is 3. The molecule has 2 aromatic carbocycles. The van der Waals surface area contributed by atoms with Gasteiger partial charge in [0.1, 0.15) is 23.9 Å². The number of fused-ring (bicyclic) bond motifs is 3. The Morgan fingerprint density at radius 3 is 2.35 bits per heavy atom. The first-order valence-corrected chi connectivity index (χ1v) is 14.1. The Morgan fingerprint density at radius 1 is 1.05 bits per heavy atom. The highest BCUT2D eigenvalue weighted by atomic mass is 16.5. The minimum Gasteiger partial charge on any atom is -0.507 e. The van der Waals surface area contributed by atoms with Crippen molar-refractivity contribution in [3.8, 4) is 17.2 Å². The summed E-state index contributed by atoms with van der Waals surface area (Å²) in [5.74, 6) is -2.56. The molecule has 218 valence electrons. The van der Waals surface area contributed by atoms with Crippen LogP contribution in [0, 0.1) is 5.92 Å². The van der Waals surface area contributed by atoms with Gasteiger partial charge in [-0.15, -0.1) is 0 Å². The van der Waals surface area contributed by atoms with E-state index in [1.165, 1.54) is 26.0 Å². The lowest BCUT2D eigenvalue weighted by atomic mass is 9.75. The van der Waals surface area contributed by atoms with Crippen LogP contribution in [0.25, 0.3) is 0 Å². The first-order chi connectivity index (χ1) is 19.2. The van der Waals surface area contributed by atoms with Crippen molar-refractivity contribution < 1.29 is 39.2 Å². The van der Waals surface area contributed by atoms with Crippen LogP contribution in [0.3, 0.4) is 0 Å². The normalized spacial score (nSPS) is 21.0. The van der Waals surface area contributed by atoms with E-state index in [4.69, 9.17) is 14.6 Å². The molecule has 9 nitrogen and oxygen atoms in total. The van der Waals surface area contributed by atoms with Crippen LogP contribution in [0.2, 0.25) is 0 Å². The van der Waals surface area contributed by atoms with E-state index in [0.29, 0.717) is 24.1 Å². The van der Waals surface area contributed by atoms with Crippen LogP contribution in [0.1, 0.15) is 89.9 Å². The Hall–Kier alpha value is -3.27. The quantitative estimate of drug-likeness (QED) is 0.346. The van der Waals surface area contributed by atoms with Crippen molar-refractivity contribution in [2.45, 2.75) is 71.9 Å². The molecular formula is C31H41NO8. The number of hydrogen-bond acceptors (Lipinski definition) is 9. The average molecular weight is 556 g/mol. The number of Topliss-reactive ketones (excluding diaryl/α,β-unsaturated/α-hetero) is 1. The van der Waals surface area contributed by atoms with Crippen molar-refractivity contribution in [2.24, 2.45) is 5.92 Å². The zero-order chi connectivity index (χ0) is 29.6. The molecule has 0 radical (unpaired) electrons. The van der Waals surface area contributed by atoms with Crippen LogP contribution in [-0.4, -0.2) is 71.7 Å². The van der Waals surface area contributed by atoms with Crippen molar-refractivity contribution in [1.29, 1.82) is 0 Å². The molecule has 1 aliphatic heterocycles. The molecule has 3 atom stereocenters. The predicted molar refractivity (Wildman–Crippen MR) is 151 cm³/mol. The molecule has 0 amide bonds. The molecule has 0 bridgehead atoms. The van der Waals surface area contributed by atoms with Gasteiger partial charge in [-0.2, -0.15) is 0 Å². The second-order valence-electron chi connectivity index (χ2n) is 9.97. The summed E-state index contributed by atoms with van der Waals surface area (Å²) in [6.45, 7) is 9.70. The summed E-state index contributed by atoms with van der Waals surface area (Å²) < 4.78 is 10.6. The SMILES string of the molecule is CC.CCNC1CCOC(C)C1.COc1cccc2c1C(=O)c1c(O)c3c(c(O)c1C2=O)CC(C(=O)CO)CC3. The number of aliphatic hydroxyl groups is 1. The van der Waals surface area contributed by atoms with E-state index in [2.05, 4.69) is 19.2 Å². The number of phenols is 2. The fourth-order valence-electron chi connectivity index (χ4n) is 5.68. The fourth-order valence-corrected chi connectivity index (χ4v) is 5.68. The third-order valence-electron chi connectivity index (χ3n) is 7.61. The van der Waals surface area contributed by atoms with E-state index in [-0.39, 0.29) is 63.7 Å². The maximum absolute atomic E-state index is 13.1. The molecule has 3 aliphatic rings. The molecule has 0 aromatic heterocycles. The summed E-state index contributed by atoms with van der Waals surface area (Å²) in [4.78, 5) is 38.1. The highest BCUT2D eigenvalue weighted by Gasteiger charge is 2.40. The lowest BCUT2D eigenvalue weighted by molar-refractivity contribution is -0.126. The van der Waals surface area contributed by atoms with E-state index in [1.54, 1.807) is 12.1 Å². The van der Waals surface area contributed by atoms with Crippen molar-refractivity contribution >= 4 is 17.3 Å². The molecule has 3 unspecified atom stereocenters. The molecule has 5 rings (SSSR count). The number of aliphatic hydroxyl groups excluding tert-OH is 1. The first-order valence-electron chi connectivity index (χ1n) is 14.1. The lowest BCUT2D eigenvalue weighted by Gasteiger charge is -2.29. The van der Waals surface area contributed by atoms with E-state index in [1.807, 2.05) is 13.8 Å². The number of hydrogen-bond donors (Lipinski definition) is 4. The van der Waals surface area contributed by atoms with Gasteiger partial charge in [0, 0.05) is 35.3 Å². The summed E-state index contributed by atoms with van der Waals surface area (Å²) in [5.41, 5.74) is 0.301. The van der Waals surface area contributed by atoms with Gasteiger partial charge in [-0.05, 0) is 51.6 Å². The standard InChI is InChI=1S/C21H18O7.C8H17NO.C2H6/c1-28-14-4-2-3-11-15(14)21(27)17-16(19(11)25)20(26)12-7-9(13(23)8-22)5-6-10(12)18(17)24;1-3-9-8-4-5-10-7(2)6-8;1-2/h2-4,9,22,24,26H,5-8H2,1H3;7-9H,3-6H2,1-2H3;1-2H3. The zero-order valence-electron chi connectivity index (χ0n) is 24.0. The maximum atomic E-state index is 13.1. The van der Waals surface area contributed by atoms with Crippen LogP contribution in [-0.2, 0) is 22.4 Å². The van der Waals surface area contributed by atoms with E-state index in [9.17, 15) is 24.6 Å². The highest BCUT2D eigenvalue weighted by Crippen LogP contribution is 2.47. The molecule has 1 saturated heterocycles. The number of ether oxygens (including phenoxy) is 2. The first kappa shape index (κ1) is 31.3. The Bertz CT molecular complexity index is 1250. The number of ketones is 3. The summed E-state index contributed by atoms with van der Waals surface area (Å²) in [6, 6.07) is 5.29. The topological polar surface area (TPSA) is 142 Å². The van der Waals surface area contributed by atoms with Crippen LogP contribution in [0.15, 0.2) is 18.2 Å². The van der Waals surface area contributed by atoms with Crippen LogP contribution in [0.5, 0.6) is 17.2 Å². The molecule has 0 saturated carbocycles. The average Bonchev–Trinajstić information content (AvgIpc) is 2.98. The number of rotatable bonds is 5. The highest BCUT2D eigenvalue weighted by molar-refractivity contribution is 6.31. The van der Waals surface area contributed by atoms with Gasteiger partial charge in [0.25, 0.3) is 0 Å². The molecule has 1 fully saturated rings. The molecule has 2 aliphatic carbocycles. The van der Waals surface area contributed by atoms with Crippen molar-refractivity contribution in [1.82, 2.24) is 5.32 Å². The Kier molecular flexibility index (Phi) is 10.8. The van der Waals surface area contributed by atoms with Crippen molar-refractivity contribution in [3.05, 3.63) is 51.6 Å². The van der Waals surface area contributed by atoms with Gasteiger partial charge in [-0.25, -0.2) is 0 Å². The lowest BCUT2D eigenvalue weighted by Crippen LogP contribution is -2.37. The molecule has 40 heavy (non-hydrogen) atoms. The molecule has 1 heterocycles. The van der Waals surface area contributed by atoms with Gasteiger partial charge in [0.15, 0.2) is 11.6 Å². The van der Waals surface area contributed by atoms with Crippen LogP contribution < -0.4 is 10.1 Å². The van der Waals surface area contributed by atoms with Gasteiger partial charge in [0.05, 0.1) is 29.9 Å². The Morgan fingerprint density at radius 2 is 1.73 bits per heavy atom. The summed E-state index contributed by atoms with van der Waals surface area (Å²) in [7, 11) is 1.38. The number of nitrogens with one attached hydrogen (secondary N) is 1. The van der Waals surface area contributed by atoms with Crippen molar-refractivity contribution in [3.63, 3.8) is 0 Å². The number of phenolic OH excluding ortho intramolecular Hbond substituents is 2. The summed E-state index contributed by atoms with van der Waals surface area (Å²) >= 11 is 0. The molecule has 4 N–H and O–H groups in total. The third kappa shape index (κ3) is 6.06. The minimum absolute atomic E-state index is 0.0568. The van der Waals surface area contributed by atoms with Gasteiger partial charge in [-0.3, -0.25) is 14.4 Å². The van der Waals surface area contributed by atoms with Crippen LogP contribution >= 0.6 is 0 Å². The minimum atomic E-state index is -0.609. The van der Waals surface area contributed by atoms with E-state index >= 15 is 0 Å². The predicted octanol–water partition coefficient (Wildman–Crippen LogP) is 3.74. The van der Waals surface area contributed by atoms with Gasteiger partial charge in [-0.1, -0.05) is 32.9 Å². The molecule has 2 aromatic rings. The zero-order valence-corrected chi connectivity index (χ0v) is 24.0. The summed E-state index contributed by atoms with van der Waals surface area (Å²) in [6.07, 6.45) is 3.52. The fraction of sp³-hybridized carbons (Fsp3) is 0.516. The monoisotopic (exact) mass is 555 g/mol. The number of carbonyl (C=O) groups excluding carboxylic acids is 3. The second kappa shape index (κ2) is 13.9. The number of benzene rings is 2. The van der Waals surface area contributed by atoms with Gasteiger partial charge < -0.3 is 30.1 Å². The smallest absolute Gasteiger partial charge is 0.202 e. The van der Waals surface area contributed by atoms with Gasteiger partial charge >= 0.3 is 0 Å². The number of aromatic hydroxyl groups is 2. The molecule has 9 heteroatoms. The van der Waals surface area contributed by atoms with Gasteiger partial charge in [0.2, 0.25) is 5.78 Å². The van der Waals surface area contributed by atoms with E-state index < -0.39 is 24.1 Å². The maximum Gasteiger partial charge on any atom is 0.202 e. The molecule has 0 spiro atoms. The van der Waals surface area contributed by atoms with Crippen molar-refractivity contribution in [2.75, 3.05) is 26.9 Å². The Labute approximate surface area is 235 Å². The Balaban J connectivity index is 0.000000309. The third-order valence-corrected chi connectivity index (χ3v) is 7.61. The van der Waals surface area contributed by atoms with E-state index in [0.717, 1.165) is 13.2 Å². The largest absolute Gasteiger partial charge is 0.507 e. The molecular weight excluding hydrogens is 514 g/mol. The van der Waals surface area contributed by atoms with Crippen LogP contribution in [0.4, 0.5) is 0 Å².